The number of pyridine rings is 1. The van der Waals surface area contributed by atoms with Gasteiger partial charge >= 0.3 is 0 Å². The van der Waals surface area contributed by atoms with Gasteiger partial charge in [0.05, 0.1) is 16.5 Å². The summed E-state index contributed by atoms with van der Waals surface area (Å²) in [5.74, 6) is 0.760. The Morgan fingerprint density at radius 2 is 2.00 bits per heavy atom. The molecule has 1 aliphatic carbocycles. The number of carbonyl (C=O) groups excluding carboxylic acids is 2. The third-order valence-electron chi connectivity index (χ3n) is 6.56. The third kappa shape index (κ3) is 2.51. The predicted octanol–water partition coefficient (Wildman–Crippen LogP) is 3.54. The number of hydrogen-bond donors (Lipinski definition) is 2. The van der Waals surface area contributed by atoms with Crippen LogP contribution in [0.15, 0.2) is 30.5 Å². The van der Waals surface area contributed by atoms with E-state index >= 15 is 0 Å². The van der Waals surface area contributed by atoms with E-state index in [1.807, 2.05) is 24.3 Å². The van der Waals surface area contributed by atoms with Crippen molar-refractivity contribution < 1.29 is 9.59 Å². The SMILES string of the molecule is NC(=O)c1cnc(N2CCCC3(CCCCC3=O)C2)c2c1[nH]c1ccccc12. The zero-order valence-electron chi connectivity index (χ0n) is 15.8. The van der Waals surface area contributed by atoms with E-state index < -0.39 is 5.91 Å². The van der Waals surface area contributed by atoms with Gasteiger partial charge in [0.25, 0.3) is 5.91 Å². The third-order valence-corrected chi connectivity index (χ3v) is 6.56. The molecule has 1 saturated carbocycles. The van der Waals surface area contributed by atoms with Gasteiger partial charge in [0, 0.05) is 42.0 Å². The van der Waals surface area contributed by atoms with E-state index in [4.69, 9.17) is 5.73 Å². The number of piperidine rings is 1. The number of nitrogens with zero attached hydrogens (tertiary/aromatic N) is 2. The molecule has 1 atom stereocenters. The molecule has 2 aromatic heterocycles. The van der Waals surface area contributed by atoms with Gasteiger partial charge in [-0.25, -0.2) is 4.98 Å². The van der Waals surface area contributed by atoms with Gasteiger partial charge in [0.2, 0.25) is 0 Å². The molecule has 3 aromatic rings. The number of Topliss-reactive ketones (excluding diaryl/α,β-unsaturated/α-hetero) is 1. The van der Waals surface area contributed by atoms with E-state index in [1.54, 1.807) is 6.20 Å². The second-order valence-electron chi connectivity index (χ2n) is 8.22. The summed E-state index contributed by atoms with van der Waals surface area (Å²) in [4.78, 5) is 35.0. The molecule has 144 valence electrons. The fourth-order valence-corrected chi connectivity index (χ4v) is 5.16. The van der Waals surface area contributed by atoms with Gasteiger partial charge in [0.1, 0.15) is 11.6 Å². The van der Waals surface area contributed by atoms with Crippen LogP contribution in [-0.2, 0) is 4.79 Å². The molecule has 3 heterocycles. The Kier molecular flexibility index (Phi) is 3.89. The first kappa shape index (κ1) is 17.2. The molecule has 1 saturated heterocycles. The number of amides is 1. The van der Waals surface area contributed by atoms with Crippen LogP contribution in [0.1, 0.15) is 48.9 Å². The number of ketones is 1. The fourth-order valence-electron chi connectivity index (χ4n) is 5.16. The highest BCUT2D eigenvalue weighted by molar-refractivity contribution is 6.18. The number of carbonyl (C=O) groups is 2. The Labute approximate surface area is 163 Å². The monoisotopic (exact) mass is 376 g/mol. The average molecular weight is 376 g/mol. The molecule has 1 aliphatic heterocycles. The Balaban J connectivity index is 1.67. The van der Waals surface area contributed by atoms with Crippen LogP contribution in [0.25, 0.3) is 21.8 Å². The number of benzene rings is 1. The van der Waals surface area contributed by atoms with Crippen LogP contribution < -0.4 is 10.6 Å². The lowest BCUT2D eigenvalue weighted by Crippen LogP contribution is -2.49. The minimum atomic E-state index is -0.492. The van der Waals surface area contributed by atoms with Gasteiger partial charge in [-0.15, -0.1) is 0 Å². The number of H-pyrrole nitrogens is 1. The van der Waals surface area contributed by atoms with Crippen molar-refractivity contribution in [2.45, 2.75) is 38.5 Å². The molecule has 1 amide bonds. The highest BCUT2D eigenvalue weighted by Gasteiger charge is 2.43. The van der Waals surface area contributed by atoms with Crippen LogP contribution >= 0.6 is 0 Å². The summed E-state index contributed by atoms with van der Waals surface area (Å²) in [6, 6.07) is 7.98. The van der Waals surface area contributed by atoms with Gasteiger partial charge < -0.3 is 15.6 Å². The Bertz CT molecular complexity index is 1100. The first-order valence-electron chi connectivity index (χ1n) is 10.1. The first-order chi connectivity index (χ1) is 13.6. The number of para-hydroxylation sites is 1. The second kappa shape index (κ2) is 6.33. The van der Waals surface area contributed by atoms with Gasteiger partial charge in [-0.2, -0.15) is 0 Å². The van der Waals surface area contributed by atoms with Crippen molar-refractivity contribution in [3.05, 3.63) is 36.0 Å². The van der Waals surface area contributed by atoms with Crippen LogP contribution in [0.2, 0.25) is 0 Å². The number of nitrogens with one attached hydrogen (secondary N) is 1. The van der Waals surface area contributed by atoms with Crippen molar-refractivity contribution in [2.24, 2.45) is 11.1 Å². The van der Waals surface area contributed by atoms with Gasteiger partial charge in [-0.1, -0.05) is 24.6 Å². The molecule has 2 fully saturated rings. The maximum atomic E-state index is 12.8. The number of rotatable bonds is 2. The molecule has 6 heteroatoms. The summed E-state index contributed by atoms with van der Waals surface area (Å²) < 4.78 is 0. The quantitative estimate of drug-likeness (QED) is 0.715. The van der Waals surface area contributed by atoms with E-state index in [9.17, 15) is 9.59 Å². The molecule has 3 N–H and O–H groups in total. The number of aromatic nitrogens is 2. The molecule has 0 radical (unpaired) electrons. The molecule has 5 rings (SSSR count). The highest BCUT2D eigenvalue weighted by Crippen LogP contribution is 2.43. The van der Waals surface area contributed by atoms with E-state index in [0.717, 1.165) is 66.3 Å². The number of primary amides is 1. The molecule has 1 spiro atoms. The second-order valence-corrected chi connectivity index (χ2v) is 8.22. The smallest absolute Gasteiger partial charge is 0.252 e. The molecule has 6 nitrogen and oxygen atoms in total. The number of anilines is 1. The predicted molar refractivity (Wildman–Crippen MR) is 109 cm³/mol. The molecule has 1 aromatic carbocycles. The van der Waals surface area contributed by atoms with Crippen molar-refractivity contribution in [1.82, 2.24) is 9.97 Å². The minimum Gasteiger partial charge on any atom is -0.365 e. The fraction of sp³-hybridized carbons (Fsp3) is 0.409. The van der Waals surface area contributed by atoms with E-state index in [0.29, 0.717) is 24.3 Å². The van der Waals surface area contributed by atoms with Crippen LogP contribution in [-0.4, -0.2) is 34.7 Å². The summed E-state index contributed by atoms with van der Waals surface area (Å²) in [6.45, 7) is 1.58. The van der Waals surface area contributed by atoms with Crippen molar-refractivity contribution in [3.63, 3.8) is 0 Å². The van der Waals surface area contributed by atoms with Crippen LogP contribution in [0.4, 0.5) is 5.82 Å². The Morgan fingerprint density at radius 3 is 2.82 bits per heavy atom. The Hall–Kier alpha value is -2.89. The van der Waals surface area contributed by atoms with Gasteiger partial charge in [-0.05, 0) is 31.7 Å². The van der Waals surface area contributed by atoms with E-state index in [2.05, 4.69) is 14.9 Å². The van der Waals surface area contributed by atoms with Gasteiger partial charge in [-0.3, -0.25) is 9.59 Å². The number of fused-ring (bicyclic) bond motifs is 3. The maximum absolute atomic E-state index is 12.8. The first-order valence-corrected chi connectivity index (χ1v) is 10.1. The maximum Gasteiger partial charge on any atom is 0.252 e. The largest absolute Gasteiger partial charge is 0.365 e. The lowest BCUT2D eigenvalue weighted by Gasteiger charge is -2.44. The molecule has 28 heavy (non-hydrogen) atoms. The standard InChI is InChI=1S/C22H24N4O2/c23-20(28)15-12-24-21(18-14-6-1-2-7-16(14)25-19(15)18)26-11-5-10-22(13-26)9-4-3-8-17(22)27/h1-2,6-7,12,25H,3-5,8-11,13H2,(H2,23,28). The summed E-state index contributed by atoms with van der Waals surface area (Å²) in [5, 5.41) is 1.95. The molecular formula is C22H24N4O2. The number of aromatic amines is 1. The molecule has 1 unspecified atom stereocenters. The number of hydrogen-bond acceptors (Lipinski definition) is 4. The Morgan fingerprint density at radius 1 is 1.18 bits per heavy atom. The van der Waals surface area contributed by atoms with E-state index in [1.165, 1.54) is 0 Å². The number of nitrogens with two attached hydrogens (primary N) is 1. The zero-order chi connectivity index (χ0) is 19.3. The lowest BCUT2D eigenvalue weighted by molar-refractivity contribution is -0.131. The topological polar surface area (TPSA) is 92.1 Å². The van der Waals surface area contributed by atoms with E-state index in [-0.39, 0.29) is 5.41 Å². The van der Waals surface area contributed by atoms with Crippen LogP contribution in [0.3, 0.4) is 0 Å². The lowest BCUT2D eigenvalue weighted by atomic mass is 9.68. The van der Waals surface area contributed by atoms with Crippen LogP contribution in [0, 0.1) is 5.41 Å². The highest BCUT2D eigenvalue weighted by atomic mass is 16.1. The summed E-state index contributed by atoms with van der Waals surface area (Å²) in [6.07, 6.45) is 7.32. The minimum absolute atomic E-state index is 0.237. The summed E-state index contributed by atoms with van der Waals surface area (Å²) in [7, 11) is 0. The molecular weight excluding hydrogens is 352 g/mol. The van der Waals surface area contributed by atoms with Crippen molar-refractivity contribution in [1.29, 1.82) is 0 Å². The zero-order valence-corrected chi connectivity index (χ0v) is 15.8. The molecule has 0 bridgehead atoms. The average Bonchev–Trinajstić information content (AvgIpc) is 3.09. The van der Waals surface area contributed by atoms with Crippen molar-refractivity contribution in [3.8, 4) is 0 Å². The van der Waals surface area contributed by atoms with Gasteiger partial charge in [0.15, 0.2) is 0 Å². The van der Waals surface area contributed by atoms with Crippen molar-refractivity contribution >= 4 is 39.3 Å². The summed E-state index contributed by atoms with van der Waals surface area (Å²) in [5.41, 5.74) is 7.45. The normalized spacial score (nSPS) is 23.0. The summed E-state index contributed by atoms with van der Waals surface area (Å²) >= 11 is 0. The van der Waals surface area contributed by atoms with Crippen molar-refractivity contribution in [2.75, 3.05) is 18.0 Å². The van der Waals surface area contributed by atoms with Crippen LogP contribution in [0.5, 0.6) is 0 Å². The molecule has 2 aliphatic rings.